The predicted molar refractivity (Wildman–Crippen MR) is 77.3 cm³/mol. The van der Waals surface area contributed by atoms with Gasteiger partial charge in [0.25, 0.3) is 0 Å². The van der Waals surface area contributed by atoms with Crippen molar-refractivity contribution in [2.45, 2.75) is 49.2 Å². The topological polar surface area (TPSA) is 12.0 Å². The van der Waals surface area contributed by atoms with Gasteiger partial charge in [0.15, 0.2) is 0 Å². The largest absolute Gasteiger partial charge is 0.398 e. The summed E-state index contributed by atoms with van der Waals surface area (Å²) >= 11 is 0.848. The second kappa shape index (κ2) is 6.85. The molecular weight excluding hydrogens is 283 g/mol. The molecule has 1 aliphatic rings. The maximum atomic E-state index is 12.1. The van der Waals surface area contributed by atoms with Gasteiger partial charge >= 0.3 is 6.18 Å². The van der Waals surface area contributed by atoms with Gasteiger partial charge in [0.1, 0.15) is 0 Å². The highest BCUT2D eigenvalue weighted by atomic mass is 32.2. The number of alkyl halides is 3. The van der Waals surface area contributed by atoms with Crippen molar-refractivity contribution in [1.29, 1.82) is 0 Å². The van der Waals surface area contributed by atoms with Gasteiger partial charge in [-0.2, -0.15) is 13.2 Å². The molecule has 0 unspecified atom stereocenters. The molecule has 1 aliphatic carbocycles. The van der Waals surface area contributed by atoms with Crippen LogP contribution in [0.5, 0.6) is 0 Å². The van der Waals surface area contributed by atoms with E-state index in [1.54, 1.807) is 12.1 Å². The summed E-state index contributed by atoms with van der Waals surface area (Å²) < 4.78 is 36.4. The van der Waals surface area contributed by atoms with E-state index in [2.05, 4.69) is 12.2 Å². The number of benzene rings is 1. The smallest absolute Gasteiger partial charge is 0.314 e. The number of thioether (sulfide) groups is 1. The lowest BCUT2D eigenvalue weighted by molar-refractivity contribution is -0.105. The highest BCUT2D eigenvalue weighted by molar-refractivity contribution is 7.99. The molecule has 0 heterocycles. The fourth-order valence-electron chi connectivity index (χ4n) is 2.41. The Hall–Kier alpha value is -0.680. The van der Waals surface area contributed by atoms with E-state index in [4.69, 9.17) is 0 Å². The molecule has 1 N–H and O–H groups in total. The van der Waals surface area contributed by atoms with Gasteiger partial charge in [0, 0.05) is 10.9 Å². The lowest BCUT2D eigenvalue weighted by atomic mass is 9.76. The van der Waals surface area contributed by atoms with Crippen molar-refractivity contribution >= 4 is 11.8 Å². The average Bonchev–Trinajstić information content (AvgIpc) is 2.35. The Labute approximate surface area is 122 Å². The van der Waals surface area contributed by atoms with Gasteiger partial charge in [-0.05, 0) is 49.4 Å². The summed E-state index contributed by atoms with van der Waals surface area (Å²) in [7, 11) is 0. The van der Waals surface area contributed by atoms with Gasteiger partial charge in [-0.1, -0.05) is 19.1 Å². The van der Waals surface area contributed by atoms with Crippen LogP contribution in [0.15, 0.2) is 29.2 Å². The summed E-state index contributed by atoms with van der Waals surface area (Å²) in [6, 6.07) is 8.16. The first kappa shape index (κ1) is 15.7. The van der Waals surface area contributed by atoms with Crippen LogP contribution in [0.3, 0.4) is 0 Å². The van der Waals surface area contributed by atoms with Crippen molar-refractivity contribution in [3.63, 3.8) is 0 Å². The molecular formula is C15H20F3NS. The van der Waals surface area contributed by atoms with E-state index in [1.165, 1.54) is 5.56 Å². The molecule has 0 aliphatic heterocycles. The van der Waals surface area contributed by atoms with E-state index in [0.717, 1.165) is 37.6 Å². The molecule has 1 saturated carbocycles. The number of hydrogen-bond donors (Lipinski definition) is 1. The van der Waals surface area contributed by atoms with Crippen molar-refractivity contribution in [1.82, 2.24) is 5.32 Å². The first-order valence-electron chi connectivity index (χ1n) is 7.01. The summed E-state index contributed by atoms with van der Waals surface area (Å²) in [5.74, 6) is -0.260. The average molecular weight is 303 g/mol. The number of rotatable bonds is 6. The molecule has 0 atom stereocenters. The zero-order valence-corrected chi connectivity index (χ0v) is 12.4. The molecule has 1 aromatic carbocycles. The van der Waals surface area contributed by atoms with Crippen LogP contribution in [0, 0.1) is 0 Å². The highest BCUT2D eigenvalue weighted by Gasteiger charge is 2.30. The lowest BCUT2D eigenvalue weighted by Crippen LogP contribution is -2.40. The summed E-state index contributed by atoms with van der Waals surface area (Å²) in [4.78, 5) is 0.686. The van der Waals surface area contributed by atoms with E-state index < -0.39 is 11.9 Å². The van der Waals surface area contributed by atoms with Crippen LogP contribution in [0.4, 0.5) is 13.2 Å². The number of hydrogen-bond acceptors (Lipinski definition) is 2. The minimum atomic E-state index is -4.10. The molecule has 0 bridgehead atoms. The SMILES string of the molecule is CCCNC1CC(c2ccc(SCC(F)(F)F)cc2)C1. The molecule has 0 spiro atoms. The quantitative estimate of drug-likeness (QED) is 0.772. The fraction of sp³-hybridized carbons (Fsp3) is 0.600. The van der Waals surface area contributed by atoms with Crippen molar-refractivity contribution in [2.24, 2.45) is 0 Å². The van der Waals surface area contributed by atoms with Crippen molar-refractivity contribution < 1.29 is 13.2 Å². The minimum absolute atomic E-state index is 0.561. The van der Waals surface area contributed by atoms with E-state index in [0.29, 0.717) is 16.9 Å². The van der Waals surface area contributed by atoms with Gasteiger partial charge in [0.05, 0.1) is 5.75 Å². The van der Waals surface area contributed by atoms with Crippen LogP contribution in [-0.4, -0.2) is 24.5 Å². The standard InChI is InChI=1S/C15H20F3NS/c1-2-7-19-13-8-12(9-13)11-3-5-14(6-4-11)20-10-15(16,17)18/h3-6,12-13,19H,2,7-10H2,1H3. The Morgan fingerprint density at radius 2 is 1.85 bits per heavy atom. The van der Waals surface area contributed by atoms with Crippen LogP contribution < -0.4 is 5.32 Å². The molecule has 5 heteroatoms. The molecule has 0 amide bonds. The molecule has 112 valence electrons. The van der Waals surface area contributed by atoms with Crippen LogP contribution >= 0.6 is 11.8 Å². The second-order valence-electron chi connectivity index (χ2n) is 5.29. The van der Waals surface area contributed by atoms with E-state index in [9.17, 15) is 13.2 Å². The van der Waals surface area contributed by atoms with E-state index in [1.807, 2.05) is 12.1 Å². The van der Waals surface area contributed by atoms with Crippen LogP contribution in [0.2, 0.25) is 0 Å². The van der Waals surface area contributed by atoms with Crippen LogP contribution in [0.25, 0.3) is 0 Å². The van der Waals surface area contributed by atoms with Crippen molar-refractivity contribution in [2.75, 3.05) is 12.3 Å². The van der Waals surface area contributed by atoms with Gasteiger partial charge in [0.2, 0.25) is 0 Å². The Kier molecular flexibility index (Phi) is 5.38. The van der Waals surface area contributed by atoms with Gasteiger partial charge in [-0.15, -0.1) is 11.8 Å². The molecule has 2 rings (SSSR count). The maximum absolute atomic E-state index is 12.1. The summed E-state index contributed by atoms with van der Waals surface area (Å²) in [6.07, 6.45) is -0.689. The van der Waals surface area contributed by atoms with E-state index in [-0.39, 0.29) is 0 Å². The van der Waals surface area contributed by atoms with Crippen molar-refractivity contribution in [3.05, 3.63) is 29.8 Å². The highest BCUT2D eigenvalue weighted by Crippen LogP contribution is 2.37. The molecule has 20 heavy (non-hydrogen) atoms. The Balaban J connectivity index is 1.78. The second-order valence-corrected chi connectivity index (χ2v) is 6.34. The third kappa shape index (κ3) is 4.70. The van der Waals surface area contributed by atoms with Crippen molar-refractivity contribution in [3.8, 4) is 0 Å². The number of nitrogens with one attached hydrogen (secondary N) is 1. The molecule has 0 saturated heterocycles. The molecule has 0 aromatic heterocycles. The molecule has 1 aromatic rings. The Morgan fingerprint density at radius 3 is 2.40 bits per heavy atom. The van der Waals surface area contributed by atoms with Crippen LogP contribution in [0.1, 0.15) is 37.7 Å². The first-order chi connectivity index (χ1) is 9.48. The van der Waals surface area contributed by atoms with Gasteiger partial charge < -0.3 is 5.32 Å². The molecule has 0 radical (unpaired) electrons. The van der Waals surface area contributed by atoms with Crippen LogP contribution in [-0.2, 0) is 0 Å². The fourth-order valence-corrected chi connectivity index (χ4v) is 3.07. The number of halogens is 3. The molecule has 1 nitrogen and oxygen atoms in total. The minimum Gasteiger partial charge on any atom is -0.314 e. The Bertz CT molecular complexity index is 410. The third-order valence-electron chi connectivity index (χ3n) is 3.58. The normalized spacial score (nSPS) is 22.6. The zero-order valence-electron chi connectivity index (χ0n) is 11.5. The predicted octanol–water partition coefficient (Wildman–Crippen LogP) is 4.59. The van der Waals surface area contributed by atoms with E-state index >= 15 is 0 Å². The van der Waals surface area contributed by atoms with Gasteiger partial charge in [-0.3, -0.25) is 0 Å². The van der Waals surface area contributed by atoms with Gasteiger partial charge in [-0.25, -0.2) is 0 Å². The lowest BCUT2D eigenvalue weighted by Gasteiger charge is -2.36. The monoisotopic (exact) mass is 303 g/mol. The summed E-state index contributed by atoms with van der Waals surface area (Å²) in [5, 5.41) is 3.49. The Morgan fingerprint density at radius 1 is 1.20 bits per heavy atom. The first-order valence-corrected chi connectivity index (χ1v) is 7.99. The summed E-state index contributed by atoms with van der Waals surface area (Å²) in [6.45, 7) is 3.21. The summed E-state index contributed by atoms with van der Waals surface area (Å²) in [5.41, 5.74) is 1.25. The molecule has 1 fully saturated rings. The zero-order chi connectivity index (χ0) is 14.6. The maximum Gasteiger partial charge on any atom is 0.398 e. The third-order valence-corrected chi connectivity index (χ3v) is 4.65.